The topological polar surface area (TPSA) is 84.5 Å². The zero-order chi connectivity index (χ0) is 22.0. The standard InChI is InChI=1S/C24H30N2O4/c1-24(2,3)26-23(29)19-12-7-13-20(17-19)25-21(27)14-15-22(28)30-16-8-11-18-9-5-4-6-10-18/h4-7,9-10,12-13,17H,8,11,14-16H2,1-3H3,(H,25,27)(H,26,29). The average molecular weight is 411 g/mol. The summed E-state index contributed by atoms with van der Waals surface area (Å²) in [4.78, 5) is 36.2. The Balaban J connectivity index is 1.70. The van der Waals surface area contributed by atoms with Gasteiger partial charge in [0, 0.05) is 23.2 Å². The molecular formula is C24H30N2O4. The molecule has 0 aliphatic heterocycles. The van der Waals surface area contributed by atoms with Crippen LogP contribution in [0.15, 0.2) is 54.6 Å². The molecule has 6 heteroatoms. The van der Waals surface area contributed by atoms with E-state index >= 15 is 0 Å². The summed E-state index contributed by atoms with van der Waals surface area (Å²) in [6.07, 6.45) is 1.62. The Morgan fingerprint density at radius 2 is 1.67 bits per heavy atom. The van der Waals surface area contributed by atoms with E-state index in [0.717, 1.165) is 12.8 Å². The van der Waals surface area contributed by atoms with Gasteiger partial charge in [0.25, 0.3) is 5.91 Å². The molecule has 0 spiro atoms. The summed E-state index contributed by atoms with van der Waals surface area (Å²) >= 11 is 0. The largest absolute Gasteiger partial charge is 0.466 e. The van der Waals surface area contributed by atoms with Crippen LogP contribution in [0.1, 0.15) is 56.0 Å². The van der Waals surface area contributed by atoms with Crippen molar-refractivity contribution in [1.29, 1.82) is 0 Å². The molecule has 6 nitrogen and oxygen atoms in total. The van der Waals surface area contributed by atoms with Crippen LogP contribution in [0.2, 0.25) is 0 Å². The minimum absolute atomic E-state index is 0.0152. The normalized spacial score (nSPS) is 10.9. The molecule has 2 aromatic carbocycles. The van der Waals surface area contributed by atoms with Crippen molar-refractivity contribution in [3.8, 4) is 0 Å². The zero-order valence-electron chi connectivity index (χ0n) is 17.9. The number of carbonyl (C=O) groups is 3. The Kier molecular flexibility index (Phi) is 8.59. The lowest BCUT2D eigenvalue weighted by Crippen LogP contribution is -2.40. The van der Waals surface area contributed by atoms with Crippen molar-refractivity contribution in [3.05, 3.63) is 65.7 Å². The Labute approximate surface area is 178 Å². The number of benzene rings is 2. The van der Waals surface area contributed by atoms with Crippen LogP contribution < -0.4 is 10.6 Å². The van der Waals surface area contributed by atoms with E-state index in [-0.39, 0.29) is 30.2 Å². The summed E-state index contributed by atoms with van der Waals surface area (Å²) in [7, 11) is 0. The summed E-state index contributed by atoms with van der Waals surface area (Å²) < 4.78 is 5.19. The summed E-state index contributed by atoms with van der Waals surface area (Å²) in [5.74, 6) is -0.904. The molecule has 0 radical (unpaired) electrons. The fraction of sp³-hybridized carbons (Fsp3) is 0.375. The maximum atomic E-state index is 12.2. The summed E-state index contributed by atoms with van der Waals surface area (Å²) in [6.45, 7) is 6.03. The molecule has 160 valence electrons. The third-order valence-electron chi connectivity index (χ3n) is 4.17. The zero-order valence-corrected chi connectivity index (χ0v) is 17.9. The number of ether oxygens (including phenoxy) is 1. The van der Waals surface area contributed by atoms with E-state index in [4.69, 9.17) is 4.74 Å². The molecule has 2 rings (SSSR count). The van der Waals surface area contributed by atoms with Gasteiger partial charge in [-0.2, -0.15) is 0 Å². The predicted molar refractivity (Wildman–Crippen MR) is 117 cm³/mol. The minimum atomic E-state index is -0.392. The highest BCUT2D eigenvalue weighted by atomic mass is 16.5. The molecule has 0 aliphatic rings. The molecule has 0 aromatic heterocycles. The number of anilines is 1. The van der Waals surface area contributed by atoms with Gasteiger partial charge in [0.1, 0.15) is 0 Å². The highest BCUT2D eigenvalue weighted by Gasteiger charge is 2.16. The van der Waals surface area contributed by atoms with Crippen LogP contribution in [-0.4, -0.2) is 29.9 Å². The van der Waals surface area contributed by atoms with Crippen LogP contribution in [0, 0.1) is 0 Å². The summed E-state index contributed by atoms with van der Waals surface area (Å²) in [5.41, 5.74) is 1.82. The highest BCUT2D eigenvalue weighted by Crippen LogP contribution is 2.13. The molecule has 0 aliphatic carbocycles. The molecule has 0 fully saturated rings. The summed E-state index contributed by atoms with van der Waals surface area (Å²) in [5, 5.41) is 5.60. The second-order valence-electron chi connectivity index (χ2n) is 8.14. The Hall–Kier alpha value is -3.15. The highest BCUT2D eigenvalue weighted by molar-refractivity contribution is 5.97. The van der Waals surface area contributed by atoms with Crippen LogP contribution in [0.3, 0.4) is 0 Å². The van der Waals surface area contributed by atoms with Gasteiger partial charge in [0.2, 0.25) is 5.91 Å². The van der Waals surface area contributed by atoms with Gasteiger partial charge in [0.05, 0.1) is 13.0 Å². The number of hydrogen-bond acceptors (Lipinski definition) is 4. The molecule has 0 saturated carbocycles. The van der Waals surface area contributed by atoms with Gasteiger partial charge in [-0.15, -0.1) is 0 Å². The molecule has 0 atom stereocenters. The van der Waals surface area contributed by atoms with Crippen LogP contribution in [-0.2, 0) is 20.7 Å². The number of rotatable bonds is 9. The molecule has 0 unspecified atom stereocenters. The molecule has 30 heavy (non-hydrogen) atoms. The van der Waals surface area contributed by atoms with Crippen LogP contribution >= 0.6 is 0 Å². The first kappa shape index (κ1) is 23.1. The molecule has 0 heterocycles. The van der Waals surface area contributed by atoms with Gasteiger partial charge in [-0.25, -0.2) is 0 Å². The quantitative estimate of drug-likeness (QED) is 0.481. The maximum Gasteiger partial charge on any atom is 0.306 e. The van der Waals surface area contributed by atoms with E-state index in [1.165, 1.54) is 5.56 Å². The number of carbonyl (C=O) groups excluding carboxylic acids is 3. The van der Waals surface area contributed by atoms with Gasteiger partial charge < -0.3 is 15.4 Å². The maximum absolute atomic E-state index is 12.2. The number of aryl methyl sites for hydroxylation is 1. The van der Waals surface area contributed by atoms with E-state index in [2.05, 4.69) is 10.6 Å². The van der Waals surface area contributed by atoms with Crippen molar-refractivity contribution in [2.45, 2.75) is 52.0 Å². The van der Waals surface area contributed by atoms with Gasteiger partial charge in [-0.05, 0) is 57.4 Å². The number of esters is 1. The number of amides is 2. The third-order valence-corrected chi connectivity index (χ3v) is 4.17. The summed E-state index contributed by atoms with van der Waals surface area (Å²) in [6, 6.07) is 16.7. The first-order valence-electron chi connectivity index (χ1n) is 10.1. The smallest absolute Gasteiger partial charge is 0.306 e. The second-order valence-corrected chi connectivity index (χ2v) is 8.14. The van der Waals surface area contributed by atoms with Crippen LogP contribution in [0.4, 0.5) is 5.69 Å². The van der Waals surface area contributed by atoms with Crippen molar-refractivity contribution in [2.24, 2.45) is 0 Å². The van der Waals surface area contributed by atoms with Crippen molar-refractivity contribution in [3.63, 3.8) is 0 Å². The fourth-order valence-corrected chi connectivity index (χ4v) is 2.77. The lowest BCUT2D eigenvalue weighted by Gasteiger charge is -2.20. The molecular weight excluding hydrogens is 380 g/mol. The van der Waals surface area contributed by atoms with E-state index in [1.807, 2.05) is 51.1 Å². The Morgan fingerprint density at radius 1 is 0.933 bits per heavy atom. The van der Waals surface area contributed by atoms with E-state index < -0.39 is 5.97 Å². The molecule has 0 bridgehead atoms. The van der Waals surface area contributed by atoms with Crippen molar-refractivity contribution < 1.29 is 19.1 Å². The predicted octanol–water partition coefficient (Wildman–Crippen LogP) is 4.11. The van der Waals surface area contributed by atoms with E-state index in [9.17, 15) is 14.4 Å². The SMILES string of the molecule is CC(C)(C)NC(=O)c1cccc(NC(=O)CCC(=O)OCCCc2ccccc2)c1. The van der Waals surface area contributed by atoms with E-state index in [1.54, 1.807) is 24.3 Å². The number of nitrogens with one attached hydrogen (secondary N) is 2. The lowest BCUT2D eigenvalue weighted by atomic mass is 10.1. The number of hydrogen-bond donors (Lipinski definition) is 2. The van der Waals surface area contributed by atoms with Gasteiger partial charge in [-0.1, -0.05) is 36.4 Å². The molecule has 2 aromatic rings. The Morgan fingerprint density at radius 3 is 2.37 bits per heavy atom. The fourth-order valence-electron chi connectivity index (χ4n) is 2.77. The molecule has 2 amide bonds. The van der Waals surface area contributed by atoms with Crippen LogP contribution in [0.5, 0.6) is 0 Å². The lowest BCUT2D eigenvalue weighted by molar-refractivity contribution is -0.144. The first-order valence-corrected chi connectivity index (χ1v) is 10.1. The van der Waals surface area contributed by atoms with Crippen molar-refractivity contribution >= 4 is 23.5 Å². The third kappa shape index (κ3) is 8.90. The van der Waals surface area contributed by atoms with Crippen molar-refractivity contribution in [2.75, 3.05) is 11.9 Å². The average Bonchev–Trinajstić information content (AvgIpc) is 2.69. The monoisotopic (exact) mass is 410 g/mol. The van der Waals surface area contributed by atoms with Gasteiger partial charge in [0.15, 0.2) is 0 Å². The minimum Gasteiger partial charge on any atom is -0.466 e. The molecule has 2 N–H and O–H groups in total. The van der Waals surface area contributed by atoms with Crippen LogP contribution in [0.25, 0.3) is 0 Å². The van der Waals surface area contributed by atoms with Crippen molar-refractivity contribution in [1.82, 2.24) is 5.32 Å². The first-order chi connectivity index (χ1) is 14.2. The van der Waals surface area contributed by atoms with E-state index in [0.29, 0.717) is 17.9 Å². The molecule has 0 saturated heterocycles. The van der Waals surface area contributed by atoms with Gasteiger partial charge >= 0.3 is 5.97 Å². The second kappa shape index (κ2) is 11.1. The van der Waals surface area contributed by atoms with Gasteiger partial charge in [-0.3, -0.25) is 14.4 Å². The Bertz CT molecular complexity index is 857.